The van der Waals surface area contributed by atoms with Crippen LogP contribution in [-0.4, -0.2) is 50.2 Å². The molecule has 5 rings (SSSR count). The summed E-state index contributed by atoms with van der Waals surface area (Å²) in [6, 6.07) is 9.54. The molecule has 1 spiro atoms. The van der Waals surface area contributed by atoms with Gasteiger partial charge in [0.2, 0.25) is 5.82 Å². The summed E-state index contributed by atoms with van der Waals surface area (Å²) in [4.78, 5) is 23.6. The lowest BCUT2D eigenvalue weighted by Crippen LogP contribution is -2.59. The number of amides is 2. The molecule has 2 amide bonds. The van der Waals surface area contributed by atoms with E-state index in [1.807, 2.05) is 30.3 Å². The average molecular weight is 476 g/mol. The van der Waals surface area contributed by atoms with E-state index < -0.39 is 28.7 Å². The van der Waals surface area contributed by atoms with Crippen molar-refractivity contribution in [3.05, 3.63) is 54.1 Å². The maximum atomic E-state index is 13.5. The summed E-state index contributed by atoms with van der Waals surface area (Å²) >= 11 is 0. The number of nitrogens with zero attached hydrogens (tertiary/aromatic N) is 4. The molecule has 3 fully saturated rings. The van der Waals surface area contributed by atoms with Crippen LogP contribution in [-0.2, 0) is 11.7 Å². The first-order chi connectivity index (χ1) is 16.0. The van der Waals surface area contributed by atoms with E-state index in [2.05, 4.69) is 9.97 Å². The van der Waals surface area contributed by atoms with Crippen molar-refractivity contribution in [2.75, 3.05) is 18.0 Å². The van der Waals surface area contributed by atoms with Gasteiger partial charge in [-0.2, -0.15) is 13.2 Å². The number of aliphatic hydroxyl groups is 1. The number of β-amino-alcohol motifs (C(OH)–C–C–N with tert-alkyl or cyclic N) is 1. The third-order valence-corrected chi connectivity index (χ3v) is 7.85. The number of benzene rings is 1. The molecule has 0 bridgehead atoms. The number of urea groups is 1. The smallest absolute Gasteiger partial charge is 0.388 e. The Labute approximate surface area is 195 Å². The molecule has 0 unspecified atom stereocenters. The predicted octanol–water partition coefficient (Wildman–Crippen LogP) is 3.82. The fraction of sp³-hybridized carbons (Fsp3) is 0.542. The summed E-state index contributed by atoms with van der Waals surface area (Å²) in [5, 5.41) is 10.9. The van der Waals surface area contributed by atoms with Crippen LogP contribution in [0.25, 0.3) is 0 Å². The second-order valence-electron chi connectivity index (χ2n) is 10.0. The van der Waals surface area contributed by atoms with Gasteiger partial charge >= 0.3 is 12.2 Å². The van der Waals surface area contributed by atoms with E-state index >= 15 is 0 Å². The Hall–Kier alpha value is -2.72. The summed E-state index contributed by atoms with van der Waals surface area (Å²) in [5.74, 6) is -1.24. The zero-order valence-corrected chi connectivity index (χ0v) is 18.8. The summed E-state index contributed by atoms with van der Waals surface area (Å²) in [6.45, 7) is 0.494. The Morgan fingerprint density at radius 2 is 1.62 bits per heavy atom. The molecule has 7 nitrogen and oxygen atoms in total. The van der Waals surface area contributed by atoms with Crippen molar-refractivity contribution < 1.29 is 23.1 Å². The SMILES string of the molecule is NC1(c2ccccc2)CCC2(CC1)CN(c1cnc(C(F)(F)F)nc1)C(=O)N2CC1(O)CCC1. The van der Waals surface area contributed by atoms with Gasteiger partial charge in [0, 0.05) is 5.54 Å². The minimum atomic E-state index is -4.65. The summed E-state index contributed by atoms with van der Waals surface area (Å²) < 4.78 is 38.7. The highest BCUT2D eigenvalue weighted by Crippen LogP contribution is 2.48. The number of alkyl halides is 3. The molecule has 3 N–H and O–H groups in total. The van der Waals surface area contributed by atoms with Crippen LogP contribution in [0.4, 0.5) is 23.7 Å². The van der Waals surface area contributed by atoms with E-state index in [-0.39, 0.29) is 18.3 Å². The first kappa shape index (κ1) is 23.0. The van der Waals surface area contributed by atoms with Crippen LogP contribution in [0, 0.1) is 0 Å². The van der Waals surface area contributed by atoms with Gasteiger partial charge in [-0.25, -0.2) is 14.8 Å². The van der Waals surface area contributed by atoms with Crippen molar-refractivity contribution in [2.24, 2.45) is 5.73 Å². The molecule has 0 atom stereocenters. The van der Waals surface area contributed by atoms with Crippen molar-refractivity contribution in [1.29, 1.82) is 0 Å². The van der Waals surface area contributed by atoms with E-state index in [1.165, 1.54) is 4.90 Å². The summed E-state index contributed by atoms with van der Waals surface area (Å²) in [5.41, 5.74) is 6.04. The maximum absolute atomic E-state index is 13.5. The zero-order valence-electron chi connectivity index (χ0n) is 18.8. The number of anilines is 1. The lowest BCUT2D eigenvalue weighted by atomic mass is 9.69. The third kappa shape index (κ3) is 3.92. The van der Waals surface area contributed by atoms with Gasteiger partial charge in [-0.05, 0) is 50.5 Å². The number of carbonyl (C=O) groups excluding carboxylic acids is 1. The van der Waals surface area contributed by atoms with Crippen LogP contribution in [0.3, 0.4) is 0 Å². The Kier molecular flexibility index (Phi) is 5.36. The fourth-order valence-corrected chi connectivity index (χ4v) is 5.53. The Balaban J connectivity index is 1.42. The minimum Gasteiger partial charge on any atom is -0.388 e. The van der Waals surface area contributed by atoms with Crippen LogP contribution < -0.4 is 10.6 Å². The number of aromatic nitrogens is 2. The monoisotopic (exact) mass is 475 g/mol. The van der Waals surface area contributed by atoms with Crippen molar-refractivity contribution in [2.45, 2.75) is 67.8 Å². The molecule has 2 heterocycles. The van der Waals surface area contributed by atoms with E-state index in [1.54, 1.807) is 4.90 Å². The van der Waals surface area contributed by atoms with Gasteiger partial charge in [-0.3, -0.25) is 4.90 Å². The molecule has 1 saturated heterocycles. The minimum absolute atomic E-state index is 0.201. The highest BCUT2D eigenvalue weighted by molar-refractivity contribution is 5.95. The van der Waals surface area contributed by atoms with Gasteiger partial charge in [0.15, 0.2) is 0 Å². The average Bonchev–Trinajstić information content (AvgIpc) is 3.06. The Bertz CT molecular complexity index is 1050. The molecule has 2 aliphatic carbocycles. The summed E-state index contributed by atoms with van der Waals surface area (Å²) in [6.07, 6.45) is 2.14. The molecule has 3 aliphatic rings. The molecular weight excluding hydrogens is 447 g/mol. The maximum Gasteiger partial charge on any atom is 0.451 e. The second kappa shape index (κ2) is 7.91. The lowest BCUT2D eigenvalue weighted by Gasteiger charge is -2.49. The number of hydrogen-bond acceptors (Lipinski definition) is 5. The Morgan fingerprint density at radius 3 is 2.15 bits per heavy atom. The van der Waals surface area contributed by atoms with Crippen molar-refractivity contribution in [3.63, 3.8) is 0 Å². The van der Waals surface area contributed by atoms with Crippen LogP contribution in [0.15, 0.2) is 42.7 Å². The molecule has 2 saturated carbocycles. The number of nitrogens with two attached hydrogens (primary N) is 1. The zero-order chi connectivity index (χ0) is 24.2. The van der Waals surface area contributed by atoms with Crippen molar-refractivity contribution in [3.8, 4) is 0 Å². The molecule has 0 radical (unpaired) electrons. The van der Waals surface area contributed by atoms with Crippen molar-refractivity contribution in [1.82, 2.24) is 14.9 Å². The summed E-state index contributed by atoms with van der Waals surface area (Å²) in [7, 11) is 0. The molecule has 182 valence electrons. The fourth-order valence-electron chi connectivity index (χ4n) is 5.53. The van der Waals surface area contributed by atoms with Crippen LogP contribution in [0.2, 0.25) is 0 Å². The molecule has 1 aromatic carbocycles. The van der Waals surface area contributed by atoms with E-state index in [4.69, 9.17) is 5.73 Å². The molecule has 1 aromatic heterocycles. The van der Waals surface area contributed by atoms with Gasteiger partial charge in [0.05, 0.1) is 42.3 Å². The number of rotatable bonds is 4. The lowest BCUT2D eigenvalue weighted by molar-refractivity contribution is -0.144. The molecule has 10 heteroatoms. The highest BCUT2D eigenvalue weighted by atomic mass is 19.4. The number of carbonyl (C=O) groups is 1. The van der Waals surface area contributed by atoms with E-state index in [0.29, 0.717) is 45.1 Å². The molecular formula is C24H28F3N5O2. The molecule has 2 aromatic rings. The standard InChI is InChI=1S/C24H28F3N5O2/c25-24(26,27)19-29-13-18(14-30-19)31-15-21(32(20(31)33)16-22(34)7-4-8-22)9-11-23(28,12-10-21)17-5-2-1-3-6-17/h1-3,5-6,13-14,34H,4,7-12,15-16,28H2. The van der Waals surface area contributed by atoms with Crippen molar-refractivity contribution >= 4 is 11.7 Å². The molecule has 34 heavy (non-hydrogen) atoms. The van der Waals surface area contributed by atoms with E-state index in [0.717, 1.165) is 24.4 Å². The molecule has 1 aliphatic heterocycles. The van der Waals surface area contributed by atoms with E-state index in [9.17, 15) is 23.1 Å². The first-order valence-electron chi connectivity index (χ1n) is 11.6. The predicted molar refractivity (Wildman–Crippen MR) is 119 cm³/mol. The van der Waals surface area contributed by atoms with Crippen LogP contribution >= 0.6 is 0 Å². The number of hydrogen-bond donors (Lipinski definition) is 2. The first-order valence-corrected chi connectivity index (χ1v) is 11.6. The van der Waals surface area contributed by atoms with Crippen LogP contribution in [0.1, 0.15) is 56.3 Å². The largest absolute Gasteiger partial charge is 0.451 e. The van der Waals surface area contributed by atoms with Gasteiger partial charge in [0.1, 0.15) is 0 Å². The van der Waals surface area contributed by atoms with Crippen LogP contribution in [0.5, 0.6) is 0 Å². The van der Waals surface area contributed by atoms with Gasteiger partial charge < -0.3 is 15.7 Å². The van der Waals surface area contributed by atoms with Gasteiger partial charge in [0.25, 0.3) is 0 Å². The quantitative estimate of drug-likeness (QED) is 0.701. The third-order valence-electron chi connectivity index (χ3n) is 7.85. The highest BCUT2D eigenvalue weighted by Gasteiger charge is 2.56. The Morgan fingerprint density at radius 1 is 1.00 bits per heavy atom. The van der Waals surface area contributed by atoms with Gasteiger partial charge in [-0.1, -0.05) is 30.3 Å². The van der Waals surface area contributed by atoms with Gasteiger partial charge in [-0.15, -0.1) is 0 Å². The second-order valence-corrected chi connectivity index (χ2v) is 10.0. The normalized spacial score (nSPS) is 28.9. The number of halogens is 3. The topological polar surface area (TPSA) is 95.6 Å².